The SMILES string of the molecule is C1=C(c2cc(-c3ccccc3)nc(-c3ccccc3)c2)C=C2CC(=C1)N(c1ccccc1)c1c2c2ccccc2c2c1oc1ccccc12. The van der Waals surface area contributed by atoms with Gasteiger partial charge in [-0.25, -0.2) is 4.98 Å². The van der Waals surface area contributed by atoms with Crippen LogP contribution in [0.4, 0.5) is 11.4 Å². The van der Waals surface area contributed by atoms with Crippen molar-refractivity contribution in [2.75, 3.05) is 4.90 Å². The Morgan fingerprint density at radius 2 is 1.14 bits per heavy atom. The minimum atomic E-state index is 0.791. The van der Waals surface area contributed by atoms with Gasteiger partial charge < -0.3 is 9.32 Å². The smallest absolute Gasteiger partial charge is 0.160 e. The summed E-state index contributed by atoms with van der Waals surface area (Å²) in [7, 11) is 0. The second kappa shape index (κ2) is 11.1. The molecule has 3 nitrogen and oxygen atoms in total. The number of allylic oxidation sites excluding steroid dienone is 5. The highest BCUT2D eigenvalue weighted by atomic mass is 16.3. The third-order valence-electron chi connectivity index (χ3n) is 9.81. The highest BCUT2D eigenvalue weighted by molar-refractivity contribution is 6.26. The van der Waals surface area contributed by atoms with Crippen LogP contribution < -0.4 is 4.90 Å². The Morgan fingerprint density at radius 1 is 0.551 bits per heavy atom. The minimum absolute atomic E-state index is 0.791. The lowest BCUT2D eigenvalue weighted by Gasteiger charge is -2.35. The van der Waals surface area contributed by atoms with Crippen molar-refractivity contribution in [3.05, 3.63) is 187 Å². The molecule has 2 bridgehead atoms. The first-order chi connectivity index (χ1) is 24.3. The van der Waals surface area contributed by atoms with E-state index < -0.39 is 0 Å². The van der Waals surface area contributed by atoms with E-state index in [1.807, 2.05) is 0 Å². The van der Waals surface area contributed by atoms with Crippen molar-refractivity contribution < 1.29 is 4.42 Å². The summed E-state index contributed by atoms with van der Waals surface area (Å²) in [5.41, 5.74) is 14.1. The molecule has 0 atom stereocenters. The lowest BCUT2D eigenvalue weighted by Crippen LogP contribution is -2.22. The fourth-order valence-corrected chi connectivity index (χ4v) is 7.63. The van der Waals surface area contributed by atoms with Crippen LogP contribution in [-0.4, -0.2) is 4.98 Å². The summed E-state index contributed by atoms with van der Waals surface area (Å²) in [5.74, 6) is 0. The number of para-hydroxylation sites is 2. The molecule has 0 radical (unpaired) electrons. The lowest BCUT2D eigenvalue weighted by molar-refractivity contribution is 0.668. The zero-order chi connectivity index (χ0) is 32.3. The van der Waals surface area contributed by atoms with Gasteiger partial charge in [-0.15, -0.1) is 0 Å². The lowest BCUT2D eigenvalue weighted by atomic mass is 9.86. The first-order valence-electron chi connectivity index (χ1n) is 16.8. The first-order valence-corrected chi connectivity index (χ1v) is 16.8. The molecule has 0 saturated heterocycles. The van der Waals surface area contributed by atoms with E-state index in [0.29, 0.717) is 0 Å². The molecule has 3 heterocycles. The molecule has 8 aromatic rings. The number of aromatic nitrogens is 1. The molecule has 0 N–H and O–H groups in total. The highest BCUT2D eigenvalue weighted by Crippen LogP contribution is 2.54. The second-order valence-electron chi connectivity index (χ2n) is 12.7. The quantitative estimate of drug-likeness (QED) is 0.195. The monoisotopic (exact) mass is 626 g/mol. The van der Waals surface area contributed by atoms with Crippen LogP contribution in [-0.2, 0) is 0 Å². The number of hydrogen-bond donors (Lipinski definition) is 0. The van der Waals surface area contributed by atoms with E-state index in [4.69, 9.17) is 9.40 Å². The van der Waals surface area contributed by atoms with E-state index in [1.165, 1.54) is 27.6 Å². The van der Waals surface area contributed by atoms with E-state index in [-0.39, 0.29) is 0 Å². The topological polar surface area (TPSA) is 29.3 Å². The van der Waals surface area contributed by atoms with Gasteiger partial charge in [-0.05, 0) is 63.9 Å². The van der Waals surface area contributed by atoms with E-state index in [2.05, 4.69) is 175 Å². The minimum Gasteiger partial charge on any atom is -0.454 e. The van der Waals surface area contributed by atoms with Gasteiger partial charge in [0.1, 0.15) is 5.58 Å². The Morgan fingerprint density at radius 3 is 1.84 bits per heavy atom. The molecule has 0 fully saturated rings. The zero-order valence-corrected chi connectivity index (χ0v) is 26.7. The van der Waals surface area contributed by atoms with Crippen molar-refractivity contribution in [1.29, 1.82) is 0 Å². The number of hydrogen-bond acceptors (Lipinski definition) is 3. The Kier molecular flexibility index (Phi) is 6.25. The molecule has 2 aromatic heterocycles. The van der Waals surface area contributed by atoms with E-state index in [9.17, 15) is 0 Å². The summed E-state index contributed by atoms with van der Waals surface area (Å²) in [6.45, 7) is 0. The van der Waals surface area contributed by atoms with Gasteiger partial charge >= 0.3 is 0 Å². The fourth-order valence-electron chi connectivity index (χ4n) is 7.63. The molecule has 0 saturated carbocycles. The molecule has 6 aromatic carbocycles. The maximum atomic E-state index is 6.84. The number of benzene rings is 6. The van der Waals surface area contributed by atoms with Gasteiger partial charge in [0, 0.05) is 45.3 Å². The molecule has 3 heteroatoms. The molecular formula is C46H30N2O. The van der Waals surface area contributed by atoms with Crippen molar-refractivity contribution in [3.8, 4) is 22.5 Å². The molecule has 49 heavy (non-hydrogen) atoms. The fraction of sp³-hybridized carbons (Fsp3) is 0.0217. The summed E-state index contributed by atoms with van der Waals surface area (Å²) in [6, 6.07) is 53.3. The molecule has 10 rings (SSSR count). The first kappa shape index (κ1) is 27.6. The Hall–Kier alpha value is -6.45. The van der Waals surface area contributed by atoms with Gasteiger partial charge in [0.05, 0.1) is 17.1 Å². The van der Waals surface area contributed by atoms with Crippen molar-refractivity contribution in [2.24, 2.45) is 0 Å². The zero-order valence-electron chi connectivity index (χ0n) is 26.7. The molecule has 1 aliphatic heterocycles. The Bertz CT molecular complexity index is 2610. The number of nitrogens with zero attached hydrogens (tertiary/aromatic N) is 2. The van der Waals surface area contributed by atoms with Crippen LogP contribution >= 0.6 is 0 Å². The number of rotatable bonds is 4. The normalized spacial score (nSPS) is 14.0. The van der Waals surface area contributed by atoms with Gasteiger partial charge in [0.25, 0.3) is 0 Å². The van der Waals surface area contributed by atoms with Crippen LogP contribution in [0.3, 0.4) is 0 Å². The van der Waals surface area contributed by atoms with Crippen LogP contribution in [0.15, 0.2) is 180 Å². The maximum absolute atomic E-state index is 6.84. The summed E-state index contributed by atoms with van der Waals surface area (Å²) in [6.07, 6.45) is 7.76. The summed E-state index contributed by atoms with van der Waals surface area (Å²) in [5, 5.41) is 4.74. The molecule has 230 valence electrons. The number of pyridine rings is 1. The molecule has 0 amide bonds. The number of anilines is 2. The average Bonchev–Trinajstić information content (AvgIpc) is 3.47. The van der Waals surface area contributed by atoms with Gasteiger partial charge in [0.2, 0.25) is 0 Å². The van der Waals surface area contributed by atoms with Crippen molar-refractivity contribution in [1.82, 2.24) is 4.98 Å². The predicted molar refractivity (Wildman–Crippen MR) is 204 cm³/mol. The third-order valence-corrected chi connectivity index (χ3v) is 9.81. The van der Waals surface area contributed by atoms with Crippen LogP contribution in [0.5, 0.6) is 0 Å². The largest absolute Gasteiger partial charge is 0.454 e. The van der Waals surface area contributed by atoms with Crippen molar-refractivity contribution >= 4 is 55.2 Å². The molecule has 0 spiro atoms. The van der Waals surface area contributed by atoms with Crippen LogP contribution in [0.2, 0.25) is 0 Å². The third kappa shape index (κ3) is 4.47. The highest BCUT2D eigenvalue weighted by Gasteiger charge is 2.33. The maximum Gasteiger partial charge on any atom is 0.160 e. The van der Waals surface area contributed by atoms with Gasteiger partial charge in [-0.3, -0.25) is 0 Å². The Labute approximate surface area is 284 Å². The van der Waals surface area contributed by atoms with Gasteiger partial charge in [0.15, 0.2) is 5.58 Å². The molecule has 0 unspecified atom stereocenters. The van der Waals surface area contributed by atoms with Crippen LogP contribution in [0, 0.1) is 0 Å². The van der Waals surface area contributed by atoms with E-state index in [0.717, 1.165) is 73.4 Å². The average molecular weight is 627 g/mol. The van der Waals surface area contributed by atoms with E-state index in [1.54, 1.807) is 0 Å². The Balaban J connectivity index is 1.27. The van der Waals surface area contributed by atoms with Crippen LogP contribution in [0.25, 0.3) is 66.4 Å². The van der Waals surface area contributed by atoms with Crippen molar-refractivity contribution in [3.63, 3.8) is 0 Å². The second-order valence-corrected chi connectivity index (χ2v) is 12.7. The molecule has 1 aliphatic carbocycles. The molecular weight excluding hydrogens is 597 g/mol. The van der Waals surface area contributed by atoms with Gasteiger partial charge in [-0.1, -0.05) is 133 Å². The number of fused-ring (bicyclic) bond motifs is 11. The van der Waals surface area contributed by atoms with Crippen LogP contribution in [0.1, 0.15) is 17.5 Å². The predicted octanol–water partition coefficient (Wildman–Crippen LogP) is 12.4. The molecule has 2 aliphatic rings. The summed E-state index contributed by atoms with van der Waals surface area (Å²) < 4.78 is 6.84. The summed E-state index contributed by atoms with van der Waals surface area (Å²) >= 11 is 0. The standard InChI is InChI=1S/C46H30N2O/c1-4-14-30(15-5-1)40-28-33(29-41(47-40)31-16-6-2-7-17-31)32-24-25-36-27-34(26-32)43-37-20-10-11-21-38(37)44-39-22-12-13-23-42(39)49-46(44)45(43)48(36)35-18-8-3-9-19-35/h1-26,28-29H,27H2. The van der Waals surface area contributed by atoms with E-state index >= 15 is 0 Å². The van der Waals surface area contributed by atoms with Gasteiger partial charge in [-0.2, -0.15) is 0 Å². The van der Waals surface area contributed by atoms with Crippen molar-refractivity contribution in [2.45, 2.75) is 6.42 Å². The summed E-state index contributed by atoms with van der Waals surface area (Å²) in [4.78, 5) is 7.58. The number of furan rings is 1.